The first-order valence-electron chi connectivity index (χ1n) is 7.51. The number of ether oxygens (including phenoxy) is 1. The van der Waals surface area contributed by atoms with Crippen molar-refractivity contribution in [3.05, 3.63) is 60.2 Å². The number of carbonyl (C=O) groups is 2. The van der Waals surface area contributed by atoms with Crippen molar-refractivity contribution in [2.75, 3.05) is 10.7 Å². The number of benzene rings is 2. The molecular formula is C18H21N3O3. The Morgan fingerprint density at radius 2 is 1.58 bits per heavy atom. The van der Waals surface area contributed by atoms with Crippen LogP contribution in [0.4, 0.5) is 16.2 Å². The molecule has 2 amide bonds. The highest BCUT2D eigenvalue weighted by molar-refractivity contribution is 5.99. The van der Waals surface area contributed by atoms with Crippen LogP contribution >= 0.6 is 0 Å². The first-order chi connectivity index (χ1) is 11.3. The topological polar surface area (TPSA) is 84.7 Å². The van der Waals surface area contributed by atoms with E-state index in [0.717, 1.165) is 5.01 Å². The number of nitrogens with two attached hydrogens (primary N) is 1. The number of para-hydroxylation sites is 1. The van der Waals surface area contributed by atoms with E-state index in [0.29, 0.717) is 16.9 Å². The van der Waals surface area contributed by atoms with Crippen molar-refractivity contribution in [1.29, 1.82) is 0 Å². The van der Waals surface area contributed by atoms with Crippen LogP contribution in [-0.4, -0.2) is 17.6 Å². The van der Waals surface area contributed by atoms with Crippen LogP contribution < -0.4 is 16.2 Å². The molecule has 0 saturated carbocycles. The van der Waals surface area contributed by atoms with Crippen molar-refractivity contribution in [2.45, 2.75) is 26.4 Å². The van der Waals surface area contributed by atoms with Crippen molar-refractivity contribution in [2.24, 2.45) is 0 Å². The zero-order valence-electron chi connectivity index (χ0n) is 13.9. The fourth-order valence-electron chi connectivity index (χ4n) is 1.90. The molecule has 3 N–H and O–H groups in total. The average molecular weight is 327 g/mol. The minimum Gasteiger partial charge on any atom is -0.442 e. The molecule has 0 bridgehead atoms. The van der Waals surface area contributed by atoms with E-state index in [2.05, 4.69) is 5.43 Å². The number of carbonyl (C=O) groups excluding carboxylic acids is 2. The van der Waals surface area contributed by atoms with Gasteiger partial charge in [-0.25, -0.2) is 4.79 Å². The Labute approximate surface area is 141 Å². The average Bonchev–Trinajstić information content (AvgIpc) is 2.52. The highest BCUT2D eigenvalue weighted by Gasteiger charge is 2.25. The predicted octanol–water partition coefficient (Wildman–Crippen LogP) is 3.36. The van der Waals surface area contributed by atoms with Gasteiger partial charge in [0.15, 0.2) is 0 Å². The summed E-state index contributed by atoms with van der Waals surface area (Å²) in [5.74, 6) is -0.440. The van der Waals surface area contributed by atoms with Crippen molar-refractivity contribution in [3.63, 3.8) is 0 Å². The number of nitrogens with one attached hydrogen (secondary N) is 1. The number of amides is 2. The molecule has 0 radical (unpaired) electrons. The van der Waals surface area contributed by atoms with Gasteiger partial charge in [0.1, 0.15) is 5.60 Å². The molecule has 0 aliphatic heterocycles. The molecule has 0 heterocycles. The summed E-state index contributed by atoms with van der Waals surface area (Å²) >= 11 is 0. The quantitative estimate of drug-likeness (QED) is 0.654. The molecular weight excluding hydrogens is 306 g/mol. The summed E-state index contributed by atoms with van der Waals surface area (Å²) in [6.07, 6.45) is -0.669. The highest BCUT2D eigenvalue weighted by atomic mass is 16.6. The van der Waals surface area contributed by atoms with Crippen LogP contribution in [0.15, 0.2) is 54.6 Å². The van der Waals surface area contributed by atoms with Crippen LogP contribution in [0.1, 0.15) is 31.1 Å². The van der Waals surface area contributed by atoms with E-state index in [-0.39, 0.29) is 0 Å². The van der Waals surface area contributed by atoms with E-state index in [4.69, 9.17) is 10.5 Å². The largest absolute Gasteiger partial charge is 0.442 e. The second kappa shape index (κ2) is 7.04. The second-order valence-corrected chi connectivity index (χ2v) is 6.21. The van der Waals surface area contributed by atoms with Gasteiger partial charge in [0.25, 0.3) is 5.91 Å². The van der Waals surface area contributed by atoms with E-state index < -0.39 is 17.6 Å². The molecule has 2 rings (SSSR count). The lowest BCUT2D eigenvalue weighted by atomic mass is 10.2. The third kappa shape index (κ3) is 4.74. The zero-order valence-corrected chi connectivity index (χ0v) is 13.9. The summed E-state index contributed by atoms with van der Waals surface area (Å²) in [5.41, 5.74) is 8.94. The summed E-state index contributed by atoms with van der Waals surface area (Å²) in [6, 6.07) is 15.2. The first kappa shape index (κ1) is 17.3. The number of nitrogen functional groups attached to an aromatic ring is 1. The van der Waals surface area contributed by atoms with Gasteiger partial charge in [-0.15, -0.1) is 0 Å². The number of rotatable bonds is 2. The predicted molar refractivity (Wildman–Crippen MR) is 93.5 cm³/mol. The zero-order chi connectivity index (χ0) is 17.7. The monoisotopic (exact) mass is 327 g/mol. The molecule has 0 spiro atoms. The molecule has 6 heteroatoms. The number of hydrazine groups is 1. The molecule has 0 aliphatic rings. The first-order valence-corrected chi connectivity index (χ1v) is 7.51. The minimum absolute atomic E-state index is 0.383. The van der Waals surface area contributed by atoms with E-state index in [9.17, 15) is 9.59 Å². The molecule has 0 atom stereocenters. The molecule has 24 heavy (non-hydrogen) atoms. The summed E-state index contributed by atoms with van der Waals surface area (Å²) in [6.45, 7) is 5.28. The normalized spacial score (nSPS) is 10.8. The smallest absolute Gasteiger partial charge is 0.434 e. The highest BCUT2D eigenvalue weighted by Crippen LogP contribution is 2.17. The summed E-state index contributed by atoms with van der Waals surface area (Å²) in [7, 11) is 0. The van der Waals surface area contributed by atoms with Gasteiger partial charge in [-0.05, 0) is 57.2 Å². The van der Waals surface area contributed by atoms with Gasteiger partial charge >= 0.3 is 6.09 Å². The van der Waals surface area contributed by atoms with Crippen LogP contribution in [0, 0.1) is 0 Å². The fraction of sp³-hybridized carbons (Fsp3) is 0.222. The molecule has 0 unspecified atom stereocenters. The molecule has 6 nitrogen and oxygen atoms in total. The van der Waals surface area contributed by atoms with E-state index >= 15 is 0 Å². The van der Waals surface area contributed by atoms with Gasteiger partial charge < -0.3 is 10.5 Å². The SMILES string of the molecule is CC(C)(C)OC(=O)N(NC(=O)c1ccc(N)cc1)c1ccccc1. The molecule has 0 fully saturated rings. The second-order valence-electron chi connectivity index (χ2n) is 6.21. The van der Waals surface area contributed by atoms with Gasteiger partial charge in [0, 0.05) is 11.3 Å². The maximum absolute atomic E-state index is 12.4. The maximum atomic E-state index is 12.4. The van der Waals surface area contributed by atoms with Crippen LogP contribution in [0.3, 0.4) is 0 Å². The van der Waals surface area contributed by atoms with Crippen molar-refractivity contribution >= 4 is 23.4 Å². The summed E-state index contributed by atoms with van der Waals surface area (Å²) in [5, 5.41) is 1.09. The lowest BCUT2D eigenvalue weighted by Crippen LogP contribution is -2.48. The van der Waals surface area contributed by atoms with Crippen molar-refractivity contribution < 1.29 is 14.3 Å². The van der Waals surface area contributed by atoms with Crippen LogP contribution in [0.25, 0.3) is 0 Å². The van der Waals surface area contributed by atoms with Crippen LogP contribution in [0.2, 0.25) is 0 Å². The Morgan fingerprint density at radius 3 is 2.12 bits per heavy atom. The molecule has 2 aromatic carbocycles. The Balaban J connectivity index is 2.24. The van der Waals surface area contributed by atoms with Gasteiger partial charge in [-0.1, -0.05) is 18.2 Å². The summed E-state index contributed by atoms with van der Waals surface area (Å²) in [4.78, 5) is 24.9. The molecule has 0 aliphatic carbocycles. The number of nitrogens with zero attached hydrogens (tertiary/aromatic N) is 1. The minimum atomic E-state index is -0.684. The fourth-order valence-corrected chi connectivity index (χ4v) is 1.90. The lowest BCUT2D eigenvalue weighted by Gasteiger charge is -2.27. The molecule has 2 aromatic rings. The third-order valence-corrected chi connectivity index (χ3v) is 2.98. The maximum Gasteiger partial charge on any atom is 0.434 e. The summed E-state index contributed by atoms with van der Waals surface area (Å²) < 4.78 is 5.36. The molecule has 0 aromatic heterocycles. The Morgan fingerprint density at radius 1 is 1.00 bits per heavy atom. The number of hydrogen-bond acceptors (Lipinski definition) is 4. The van der Waals surface area contributed by atoms with Gasteiger partial charge in [0.05, 0.1) is 5.69 Å². The molecule has 0 saturated heterocycles. The van der Waals surface area contributed by atoms with Crippen LogP contribution in [-0.2, 0) is 4.74 Å². The third-order valence-electron chi connectivity index (χ3n) is 2.98. The van der Waals surface area contributed by atoms with Gasteiger partial charge in [-0.3, -0.25) is 10.2 Å². The Hall–Kier alpha value is -3.02. The van der Waals surface area contributed by atoms with E-state index in [1.165, 1.54) is 0 Å². The number of hydrogen-bond donors (Lipinski definition) is 2. The Bertz CT molecular complexity index is 707. The molecule has 126 valence electrons. The van der Waals surface area contributed by atoms with E-state index in [1.807, 2.05) is 6.07 Å². The van der Waals surface area contributed by atoms with Gasteiger partial charge in [-0.2, -0.15) is 5.01 Å². The van der Waals surface area contributed by atoms with Crippen molar-refractivity contribution in [1.82, 2.24) is 5.43 Å². The number of anilines is 2. The van der Waals surface area contributed by atoms with Crippen LogP contribution in [0.5, 0.6) is 0 Å². The van der Waals surface area contributed by atoms with E-state index in [1.54, 1.807) is 69.3 Å². The Kier molecular flexibility index (Phi) is 5.08. The van der Waals surface area contributed by atoms with Gasteiger partial charge in [0.2, 0.25) is 0 Å². The van der Waals surface area contributed by atoms with Crippen molar-refractivity contribution in [3.8, 4) is 0 Å². The lowest BCUT2D eigenvalue weighted by molar-refractivity contribution is 0.0548. The standard InChI is InChI=1S/C18H21N3O3/c1-18(2,3)24-17(23)21(15-7-5-4-6-8-15)20-16(22)13-9-11-14(19)12-10-13/h4-12H,19H2,1-3H3,(H,20,22).